The molecule has 0 fully saturated rings. The molecule has 1 aliphatic rings. The largest absolute Gasteiger partial charge is 0.292 e. The Labute approximate surface area is 178 Å². The van der Waals surface area contributed by atoms with E-state index in [1.165, 1.54) is 0 Å². The Morgan fingerprint density at radius 2 is 1.17 bits per heavy atom. The van der Waals surface area contributed by atoms with Gasteiger partial charge in [0.2, 0.25) is 0 Å². The van der Waals surface area contributed by atoms with Crippen LogP contribution in [0, 0.1) is 0 Å². The van der Waals surface area contributed by atoms with E-state index in [-0.39, 0.29) is 13.2 Å². The summed E-state index contributed by atoms with van der Waals surface area (Å²) in [6.07, 6.45) is 3.64. The Morgan fingerprint density at radius 1 is 0.667 bits per heavy atom. The Hall–Kier alpha value is -3.71. The van der Waals surface area contributed by atoms with Gasteiger partial charge in [-0.2, -0.15) is 0 Å². The fraction of sp³-hybridized carbons (Fsp3) is 0.0690. The molecule has 4 aromatic rings. The van der Waals surface area contributed by atoms with Crippen molar-refractivity contribution >= 4 is 28.7 Å². The number of hydrogen-bond donors (Lipinski definition) is 0. The summed E-state index contributed by atoms with van der Waals surface area (Å²) in [5, 5.41) is 2.15. The molecule has 0 N–H and O–H groups in total. The third-order valence-electron chi connectivity index (χ3n) is 6.05. The lowest BCUT2D eigenvalue weighted by atomic mass is 9.68. The molecule has 0 saturated heterocycles. The highest BCUT2D eigenvalue weighted by Gasteiger charge is 2.49. The van der Waals surface area contributed by atoms with E-state index in [0.717, 1.165) is 44.2 Å². The molecule has 0 heterocycles. The summed E-state index contributed by atoms with van der Waals surface area (Å²) in [4.78, 5) is 14.1. The summed E-state index contributed by atoms with van der Waals surface area (Å²) in [5.74, 6) is 0.127. The summed E-state index contributed by atoms with van der Waals surface area (Å²) >= 11 is 0. The molecule has 0 unspecified atom stereocenters. The number of carbonyl (C=O) groups excluding carboxylic acids is 1. The fourth-order valence-electron chi connectivity index (χ4n) is 4.65. The van der Waals surface area contributed by atoms with Crippen molar-refractivity contribution in [2.75, 3.05) is 0 Å². The highest BCUT2D eigenvalue weighted by atomic mass is 16.1. The average Bonchev–Trinajstić information content (AvgIpc) is 3.05. The van der Waals surface area contributed by atoms with Gasteiger partial charge in [0.1, 0.15) is 5.41 Å². The van der Waals surface area contributed by atoms with Gasteiger partial charge in [0.05, 0.1) is 0 Å². The zero-order chi connectivity index (χ0) is 20.0. The minimum Gasteiger partial charge on any atom is -0.292 e. The number of rotatable bonds is 4. The number of hydrogen-bond acceptors (Lipinski definition) is 1. The number of carbonyl (C=O) groups is 1. The van der Waals surface area contributed by atoms with Crippen molar-refractivity contribution in [1.29, 1.82) is 0 Å². The second-order valence-corrected chi connectivity index (χ2v) is 7.44. The van der Waals surface area contributed by atoms with Crippen LogP contribution in [0.5, 0.6) is 0 Å². The molecule has 0 spiro atoms. The van der Waals surface area contributed by atoms with Crippen LogP contribution in [0.3, 0.4) is 0 Å². The molecule has 1 nitrogen and oxygen atoms in total. The van der Waals surface area contributed by atoms with Gasteiger partial charge in [0, 0.05) is 5.56 Å². The molecule has 0 aromatic heterocycles. The van der Waals surface area contributed by atoms with Crippen molar-refractivity contribution < 1.29 is 4.79 Å². The zero-order valence-electron chi connectivity index (χ0n) is 16.1. The molecule has 0 saturated carbocycles. The topological polar surface area (TPSA) is 17.1 Å². The van der Waals surface area contributed by atoms with Gasteiger partial charge in [-0.1, -0.05) is 118 Å². The third-order valence-corrected chi connectivity index (χ3v) is 6.05. The van der Waals surface area contributed by atoms with E-state index in [0.29, 0.717) is 0 Å². The highest BCUT2D eigenvalue weighted by molar-refractivity contribution is 6.23. The highest BCUT2D eigenvalue weighted by Crippen LogP contribution is 2.50. The van der Waals surface area contributed by atoms with Crippen LogP contribution >= 0.6 is 0 Å². The van der Waals surface area contributed by atoms with Crippen LogP contribution in [-0.4, -0.2) is 5.78 Å². The minimum absolute atomic E-state index is 0. The molecule has 146 valence electrons. The maximum atomic E-state index is 14.1. The minimum atomic E-state index is -0.859. The molecule has 5 rings (SSSR count). The van der Waals surface area contributed by atoms with E-state index in [9.17, 15) is 4.79 Å². The Bertz CT molecular complexity index is 1220. The number of Topliss-reactive ketones (excluding diaryl/α,β-unsaturated/α-hetero) is 1. The van der Waals surface area contributed by atoms with E-state index in [4.69, 9.17) is 0 Å². The first-order valence-corrected chi connectivity index (χ1v) is 9.73. The predicted molar refractivity (Wildman–Crippen MR) is 128 cm³/mol. The summed E-state index contributed by atoms with van der Waals surface area (Å²) < 4.78 is 0. The molecule has 1 heteroatoms. The second-order valence-electron chi connectivity index (χ2n) is 7.44. The van der Waals surface area contributed by atoms with Crippen LogP contribution in [0.2, 0.25) is 0 Å². The number of benzene rings is 4. The van der Waals surface area contributed by atoms with E-state index in [2.05, 4.69) is 55.6 Å². The van der Waals surface area contributed by atoms with Gasteiger partial charge < -0.3 is 0 Å². The molecule has 0 amide bonds. The summed E-state index contributed by atoms with van der Waals surface area (Å²) in [5.41, 5.74) is 5.00. The standard InChI is InChI=1S/C28H20O.CH4/c1-3-19-11-15-22(16-12-19)28(23-17-13-20(4-2)14-18-23)25-10-6-8-21-7-5-9-24(26(21)25)27(28)29;/h3-18H,1-2H2;1H4. The fourth-order valence-corrected chi connectivity index (χ4v) is 4.65. The van der Waals surface area contributed by atoms with Gasteiger partial charge in [-0.05, 0) is 38.6 Å². The average molecular weight is 389 g/mol. The molecule has 0 aliphatic heterocycles. The first-order valence-electron chi connectivity index (χ1n) is 9.73. The molecular formula is C29H24O. The van der Waals surface area contributed by atoms with Gasteiger partial charge >= 0.3 is 0 Å². The van der Waals surface area contributed by atoms with Gasteiger partial charge in [0.15, 0.2) is 5.78 Å². The molecule has 4 aromatic carbocycles. The van der Waals surface area contributed by atoms with E-state index in [1.807, 2.05) is 54.6 Å². The number of ketones is 1. The van der Waals surface area contributed by atoms with Crippen LogP contribution < -0.4 is 0 Å². The normalized spacial score (nSPS) is 13.7. The smallest absolute Gasteiger partial charge is 0.182 e. The molecule has 0 atom stereocenters. The maximum Gasteiger partial charge on any atom is 0.182 e. The van der Waals surface area contributed by atoms with Crippen molar-refractivity contribution in [2.24, 2.45) is 0 Å². The lowest BCUT2D eigenvalue weighted by molar-refractivity contribution is 0.0945. The van der Waals surface area contributed by atoms with Crippen LogP contribution in [-0.2, 0) is 5.41 Å². The van der Waals surface area contributed by atoms with E-state index >= 15 is 0 Å². The Morgan fingerprint density at radius 3 is 1.67 bits per heavy atom. The van der Waals surface area contributed by atoms with Crippen molar-refractivity contribution in [3.8, 4) is 0 Å². The van der Waals surface area contributed by atoms with Crippen LogP contribution in [0.25, 0.3) is 22.9 Å². The molecule has 1 aliphatic carbocycles. The third kappa shape index (κ3) is 2.52. The SMILES string of the molecule is C.C=Cc1ccc(C2(c3ccc(C=C)cc3)C(=O)c3cccc4cccc2c34)cc1. The van der Waals surface area contributed by atoms with Crippen LogP contribution in [0.15, 0.2) is 98.1 Å². The molecule has 30 heavy (non-hydrogen) atoms. The van der Waals surface area contributed by atoms with E-state index < -0.39 is 5.41 Å². The molecule has 0 bridgehead atoms. The summed E-state index contributed by atoms with van der Waals surface area (Å²) in [6.45, 7) is 7.71. The van der Waals surface area contributed by atoms with Gasteiger partial charge in [0.25, 0.3) is 0 Å². The van der Waals surface area contributed by atoms with Gasteiger partial charge in [-0.15, -0.1) is 0 Å². The lowest BCUT2D eigenvalue weighted by Crippen LogP contribution is -2.35. The quantitative estimate of drug-likeness (QED) is 0.359. The van der Waals surface area contributed by atoms with Crippen molar-refractivity contribution in [1.82, 2.24) is 0 Å². The first-order chi connectivity index (χ1) is 14.2. The Balaban J connectivity index is 0.00000218. The van der Waals surface area contributed by atoms with Crippen LogP contribution in [0.1, 0.15) is 45.6 Å². The first kappa shape index (κ1) is 19.6. The van der Waals surface area contributed by atoms with Crippen molar-refractivity contribution in [2.45, 2.75) is 12.8 Å². The maximum absolute atomic E-state index is 14.1. The van der Waals surface area contributed by atoms with Gasteiger partial charge in [-0.25, -0.2) is 0 Å². The molecule has 0 radical (unpaired) electrons. The zero-order valence-corrected chi connectivity index (χ0v) is 16.1. The van der Waals surface area contributed by atoms with Crippen molar-refractivity contribution in [3.05, 3.63) is 131 Å². The summed E-state index contributed by atoms with van der Waals surface area (Å²) in [6, 6.07) is 28.5. The summed E-state index contributed by atoms with van der Waals surface area (Å²) in [7, 11) is 0. The Kier molecular flexibility index (Phi) is 4.75. The van der Waals surface area contributed by atoms with E-state index in [1.54, 1.807) is 0 Å². The predicted octanol–water partition coefficient (Wildman–Crippen LogP) is 7.29. The van der Waals surface area contributed by atoms with Crippen molar-refractivity contribution in [3.63, 3.8) is 0 Å². The van der Waals surface area contributed by atoms with Gasteiger partial charge in [-0.3, -0.25) is 4.79 Å². The molecular weight excluding hydrogens is 364 g/mol. The second kappa shape index (κ2) is 7.27. The monoisotopic (exact) mass is 388 g/mol. The lowest BCUT2D eigenvalue weighted by Gasteiger charge is -2.31. The van der Waals surface area contributed by atoms with Crippen LogP contribution in [0.4, 0.5) is 0 Å².